The molecular formula is C12H8F2O2S. The summed E-state index contributed by atoms with van der Waals surface area (Å²) in [6.07, 6.45) is 0.598. The van der Waals surface area contributed by atoms with Crippen molar-refractivity contribution in [3.8, 4) is 11.3 Å². The van der Waals surface area contributed by atoms with Crippen molar-refractivity contribution in [2.75, 3.05) is 0 Å². The summed E-state index contributed by atoms with van der Waals surface area (Å²) >= 11 is 0.475. The molecule has 0 amide bonds. The number of rotatable bonds is 4. The molecule has 0 atom stereocenters. The predicted molar refractivity (Wildman–Crippen MR) is 61.4 cm³/mol. The van der Waals surface area contributed by atoms with Crippen LogP contribution in [0, 0.1) is 0 Å². The van der Waals surface area contributed by atoms with Crippen LogP contribution in [0.5, 0.6) is 0 Å². The Morgan fingerprint density at radius 3 is 2.71 bits per heavy atom. The molecule has 0 fully saturated rings. The second-order valence-electron chi connectivity index (χ2n) is 3.23. The summed E-state index contributed by atoms with van der Waals surface area (Å²) in [6.45, 7) is 0. The third-order valence-corrected chi connectivity index (χ3v) is 2.79. The SMILES string of the molecule is O=Cc1ccc(-c2cccc(SC(F)F)c2)o1. The zero-order chi connectivity index (χ0) is 12.3. The van der Waals surface area contributed by atoms with Crippen molar-refractivity contribution < 1.29 is 18.0 Å². The molecule has 0 aliphatic rings. The molecule has 1 aromatic heterocycles. The summed E-state index contributed by atoms with van der Waals surface area (Å²) < 4.78 is 29.6. The Hall–Kier alpha value is -1.62. The molecule has 0 aliphatic carbocycles. The van der Waals surface area contributed by atoms with Gasteiger partial charge in [0, 0.05) is 10.5 Å². The highest BCUT2D eigenvalue weighted by molar-refractivity contribution is 7.99. The summed E-state index contributed by atoms with van der Waals surface area (Å²) in [5.74, 6) is -1.75. The largest absolute Gasteiger partial charge is 0.453 e. The Kier molecular flexibility index (Phi) is 3.58. The van der Waals surface area contributed by atoms with Crippen molar-refractivity contribution in [3.05, 3.63) is 42.2 Å². The molecule has 0 bridgehead atoms. The van der Waals surface area contributed by atoms with Gasteiger partial charge in [0.15, 0.2) is 12.0 Å². The van der Waals surface area contributed by atoms with E-state index in [2.05, 4.69) is 0 Å². The molecule has 0 saturated heterocycles. The van der Waals surface area contributed by atoms with Crippen molar-refractivity contribution in [3.63, 3.8) is 0 Å². The van der Waals surface area contributed by atoms with Gasteiger partial charge >= 0.3 is 0 Å². The summed E-state index contributed by atoms with van der Waals surface area (Å²) in [4.78, 5) is 10.9. The molecule has 2 aromatic rings. The molecule has 0 aliphatic heterocycles. The van der Waals surface area contributed by atoms with E-state index in [1.165, 1.54) is 6.07 Å². The molecule has 17 heavy (non-hydrogen) atoms. The molecular weight excluding hydrogens is 246 g/mol. The Morgan fingerprint density at radius 1 is 1.24 bits per heavy atom. The Bertz CT molecular complexity index is 523. The number of halogens is 2. The molecule has 2 nitrogen and oxygen atoms in total. The fraction of sp³-hybridized carbons (Fsp3) is 0.0833. The van der Waals surface area contributed by atoms with Gasteiger partial charge in [0.2, 0.25) is 0 Å². The molecule has 0 N–H and O–H groups in total. The lowest BCUT2D eigenvalue weighted by Crippen LogP contribution is -1.82. The lowest BCUT2D eigenvalue weighted by molar-refractivity contribution is 0.110. The average Bonchev–Trinajstić information content (AvgIpc) is 2.77. The number of hydrogen-bond donors (Lipinski definition) is 0. The van der Waals surface area contributed by atoms with Crippen LogP contribution in [0.2, 0.25) is 0 Å². The Labute approximate surface area is 101 Å². The molecule has 1 heterocycles. The number of benzene rings is 1. The third-order valence-electron chi connectivity index (χ3n) is 2.09. The molecule has 0 radical (unpaired) electrons. The van der Waals surface area contributed by atoms with Gasteiger partial charge in [0.25, 0.3) is 5.76 Å². The quantitative estimate of drug-likeness (QED) is 0.608. The molecule has 88 valence electrons. The fourth-order valence-electron chi connectivity index (χ4n) is 1.40. The minimum Gasteiger partial charge on any atom is -0.453 e. The van der Waals surface area contributed by atoms with Gasteiger partial charge in [-0.05, 0) is 24.3 Å². The number of thioether (sulfide) groups is 1. The first-order valence-corrected chi connectivity index (χ1v) is 5.67. The van der Waals surface area contributed by atoms with E-state index in [9.17, 15) is 13.6 Å². The predicted octanol–water partition coefficient (Wildman–Crippen LogP) is 4.07. The average molecular weight is 254 g/mol. The van der Waals surface area contributed by atoms with E-state index >= 15 is 0 Å². The van der Waals surface area contributed by atoms with E-state index in [1.54, 1.807) is 30.3 Å². The monoisotopic (exact) mass is 254 g/mol. The van der Waals surface area contributed by atoms with Crippen LogP contribution >= 0.6 is 11.8 Å². The Morgan fingerprint density at radius 2 is 2.06 bits per heavy atom. The van der Waals surface area contributed by atoms with Crippen LogP contribution in [0.3, 0.4) is 0 Å². The minimum absolute atomic E-state index is 0.215. The van der Waals surface area contributed by atoms with Gasteiger partial charge in [-0.1, -0.05) is 23.9 Å². The van der Waals surface area contributed by atoms with E-state index in [1.807, 2.05) is 0 Å². The molecule has 2 rings (SSSR count). The van der Waals surface area contributed by atoms with Crippen molar-refractivity contribution in [1.82, 2.24) is 0 Å². The van der Waals surface area contributed by atoms with Crippen molar-refractivity contribution in [2.45, 2.75) is 10.7 Å². The zero-order valence-corrected chi connectivity index (χ0v) is 9.42. The van der Waals surface area contributed by atoms with Crippen LogP contribution < -0.4 is 0 Å². The Balaban J connectivity index is 2.29. The van der Waals surface area contributed by atoms with Crippen LogP contribution in [0.1, 0.15) is 10.6 Å². The third kappa shape index (κ3) is 2.94. The highest BCUT2D eigenvalue weighted by atomic mass is 32.2. The van der Waals surface area contributed by atoms with Gasteiger partial charge in [0.05, 0.1) is 0 Å². The van der Waals surface area contributed by atoms with E-state index in [0.29, 0.717) is 34.3 Å². The summed E-state index contributed by atoms with van der Waals surface area (Å²) in [5, 5.41) is 0. The summed E-state index contributed by atoms with van der Waals surface area (Å²) in [5.41, 5.74) is 0.670. The fourth-order valence-corrected chi connectivity index (χ4v) is 1.95. The van der Waals surface area contributed by atoms with Crippen LogP contribution in [0.4, 0.5) is 8.78 Å². The molecule has 0 saturated carbocycles. The van der Waals surface area contributed by atoms with Gasteiger partial charge < -0.3 is 4.42 Å². The highest BCUT2D eigenvalue weighted by Crippen LogP contribution is 2.29. The van der Waals surface area contributed by atoms with Crippen LogP contribution in [0.25, 0.3) is 11.3 Å². The summed E-state index contributed by atoms with van der Waals surface area (Å²) in [7, 11) is 0. The van der Waals surface area contributed by atoms with E-state index in [-0.39, 0.29) is 5.76 Å². The van der Waals surface area contributed by atoms with Gasteiger partial charge in [0.1, 0.15) is 5.76 Å². The topological polar surface area (TPSA) is 30.2 Å². The number of carbonyl (C=O) groups is 1. The second kappa shape index (κ2) is 5.14. The molecule has 0 unspecified atom stereocenters. The number of furan rings is 1. The number of carbonyl (C=O) groups excluding carboxylic acids is 1. The summed E-state index contributed by atoms with van der Waals surface area (Å²) in [6, 6.07) is 9.78. The van der Waals surface area contributed by atoms with Gasteiger partial charge in [-0.25, -0.2) is 0 Å². The highest BCUT2D eigenvalue weighted by Gasteiger charge is 2.08. The van der Waals surface area contributed by atoms with Gasteiger partial charge in [-0.2, -0.15) is 8.78 Å². The van der Waals surface area contributed by atoms with Crippen LogP contribution in [-0.2, 0) is 0 Å². The minimum atomic E-state index is -2.45. The lowest BCUT2D eigenvalue weighted by Gasteiger charge is -2.02. The maximum Gasteiger partial charge on any atom is 0.288 e. The number of alkyl halides is 2. The van der Waals surface area contributed by atoms with Crippen molar-refractivity contribution >= 4 is 18.0 Å². The van der Waals surface area contributed by atoms with Crippen molar-refractivity contribution in [1.29, 1.82) is 0 Å². The zero-order valence-electron chi connectivity index (χ0n) is 8.60. The van der Waals surface area contributed by atoms with Crippen LogP contribution in [-0.4, -0.2) is 12.0 Å². The maximum absolute atomic E-state index is 12.2. The number of aldehydes is 1. The van der Waals surface area contributed by atoms with Gasteiger partial charge in [-0.15, -0.1) is 0 Å². The first-order chi connectivity index (χ1) is 8.19. The van der Waals surface area contributed by atoms with E-state index in [0.717, 1.165) is 0 Å². The maximum atomic E-state index is 12.2. The first-order valence-electron chi connectivity index (χ1n) is 4.79. The van der Waals surface area contributed by atoms with Crippen molar-refractivity contribution in [2.24, 2.45) is 0 Å². The normalized spacial score (nSPS) is 10.8. The van der Waals surface area contributed by atoms with Gasteiger partial charge in [-0.3, -0.25) is 4.79 Å². The second-order valence-corrected chi connectivity index (χ2v) is 4.29. The lowest BCUT2D eigenvalue weighted by atomic mass is 10.2. The molecule has 1 aromatic carbocycles. The van der Waals surface area contributed by atoms with E-state index < -0.39 is 5.76 Å². The smallest absolute Gasteiger partial charge is 0.288 e. The molecule has 0 spiro atoms. The first kappa shape index (κ1) is 11.9. The standard InChI is InChI=1S/C12H8F2O2S/c13-12(14)17-10-3-1-2-8(6-10)11-5-4-9(7-15)16-11/h1-7,12H. The van der Waals surface area contributed by atoms with Crippen LogP contribution in [0.15, 0.2) is 45.7 Å². The van der Waals surface area contributed by atoms with E-state index in [4.69, 9.17) is 4.42 Å². The molecule has 5 heteroatoms. The number of hydrogen-bond acceptors (Lipinski definition) is 3.